The van der Waals surface area contributed by atoms with E-state index in [1.54, 1.807) is 18.7 Å². The van der Waals surface area contributed by atoms with Crippen LogP contribution in [0.25, 0.3) is 0 Å². The van der Waals surface area contributed by atoms with E-state index >= 15 is 0 Å². The molecule has 1 rings (SSSR count). The van der Waals surface area contributed by atoms with E-state index < -0.39 is 6.04 Å². The molecule has 0 aliphatic carbocycles. The summed E-state index contributed by atoms with van der Waals surface area (Å²) in [6, 6.07) is -0.529. The van der Waals surface area contributed by atoms with Crippen molar-refractivity contribution in [2.45, 2.75) is 39.2 Å². The Hall–Kier alpha value is -0.750. The summed E-state index contributed by atoms with van der Waals surface area (Å²) < 4.78 is 4.97. The highest BCUT2D eigenvalue weighted by Gasteiger charge is 2.20. The number of hydrogen-bond donors (Lipinski definition) is 1. The number of carbonyl (C=O) groups is 2. The standard InChI is InChI=1S/C14H26N2O3S/c1-3-19-14(18)13(15-12(2)17)11-20-10-9-16-7-5-4-6-8-16/h13H,3-11H2,1-2H3,(H,15,17). The quantitative estimate of drug-likeness (QED) is 0.540. The summed E-state index contributed by atoms with van der Waals surface area (Å²) in [5, 5.41) is 2.65. The number of ether oxygens (including phenoxy) is 1. The average molecular weight is 302 g/mol. The fourth-order valence-corrected chi connectivity index (χ4v) is 3.24. The summed E-state index contributed by atoms with van der Waals surface area (Å²) in [4.78, 5) is 25.3. The van der Waals surface area contributed by atoms with Crippen LogP contribution in [-0.2, 0) is 14.3 Å². The Morgan fingerprint density at radius 3 is 2.60 bits per heavy atom. The molecule has 20 heavy (non-hydrogen) atoms. The van der Waals surface area contributed by atoms with Gasteiger partial charge in [0, 0.05) is 25.0 Å². The zero-order valence-corrected chi connectivity index (χ0v) is 13.3. The molecule has 0 spiro atoms. The van der Waals surface area contributed by atoms with Crippen LogP contribution in [0.15, 0.2) is 0 Å². The van der Waals surface area contributed by atoms with Gasteiger partial charge in [0.1, 0.15) is 6.04 Å². The van der Waals surface area contributed by atoms with Crippen molar-refractivity contribution in [3.63, 3.8) is 0 Å². The molecule has 1 atom stereocenters. The lowest BCUT2D eigenvalue weighted by atomic mass is 10.1. The van der Waals surface area contributed by atoms with Gasteiger partial charge < -0.3 is 15.0 Å². The van der Waals surface area contributed by atoms with E-state index in [4.69, 9.17) is 4.74 Å². The lowest BCUT2D eigenvalue weighted by Crippen LogP contribution is -2.43. The molecular weight excluding hydrogens is 276 g/mol. The van der Waals surface area contributed by atoms with Crippen molar-refractivity contribution in [2.24, 2.45) is 0 Å². The van der Waals surface area contributed by atoms with Crippen molar-refractivity contribution in [2.75, 3.05) is 37.7 Å². The van der Waals surface area contributed by atoms with Crippen LogP contribution in [0.1, 0.15) is 33.1 Å². The predicted octanol–water partition coefficient (Wildman–Crippen LogP) is 1.27. The molecule has 1 fully saturated rings. The van der Waals surface area contributed by atoms with Gasteiger partial charge in [-0.25, -0.2) is 4.79 Å². The minimum atomic E-state index is -0.529. The summed E-state index contributed by atoms with van der Waals surface area (Å²) in [6.07, 6.45) is 3.93. The largest absolute Gasteiger partial charge is 0.464 e. The Kier molecular flexibility index (Phi) is 8.69. The first-order valence-corrected chi connectivity index (χ1v) is 8.52. The Labute approximate surface area is 125 Å². The van der Waals surface area contributed by atoms with Crippen molar-refractivity contribution in [3.05, 3.63) is 0 Å². The number of thioether (sulfide) groups is 1. The van der Waals surface area contributed by atoms with E-state index in [1.165, 1.54) is 39.3 Å². The SMILES string of the molecule is CCOC(=O)C(CSCCN1CCCCC1)NC(C)=O. The van der Waals surface area contributed by atoms with E-state index in [0.717, 1.165) is 12.3 Å². The number of carbonyl (C=O) groups excluding carboxylic acids is 2. The number of likely N-dealkylation sites (tertiary alicyclic amines) is 1. The third kappa shape index (κ3) is 7.14. The van der Waals surface area contributed by atoms with Crippen molar-refractivity contribution >= 4 is 23.6 Å². The zero-order chi connectivity index (χ0) is 14.8. The lowest BCUT2D eigenvalue weighted by Gasteiger charge is -2.26. The predicted molar refractivity (Wildman–Crippen MR) is 81.9 cm³/mol. The van der Waals surface area contributed by atoms with Crippen LogP contribution in [0.5, 0.6) is 0 Å². The molecule has 6 heteroatoms. The van der Waals surface area contributed by atoms with E-state index in [9.17, 15) is 9.59 Å². The van der Waals surface area contributed by atoms with Crippen molar-refractivity contribution < 1.29 is 14.3 Å². The molecule has 0 bridgehead atoms. The van der Waals surface area contributed by atoms with E-state index in [2.05, 4.69) is 10.2 Å². The molecule has 1 N–H and O–H groups in total. The van der Waals surface area contributed by atoms with Crippen LogP contribution in [0.3, 0.4) is 0 Å². The van der Waals surface area contributed by atoms with Gasteiger partial charge in [-0.1, -0.05) is 6.42 Å². The Bertz CT molecular complexity index is 307. The first-order chi connectivity index (χ1) is 9.63. The molecule has 0 radical (unpaired) electrons. The number of rotatable bonds is 8. The summed E-state index contributed by atoms with van der Waals surface area (Å²) >= 11 is 1.69. The molecule has 0 aromatic carbocycles. The number of nitrogens with one attached hydrogen (secondary N) is 1. The Balaban J connectivity index is 2.22. The van der Waals surface area contributed by atoms with Crippen LogP contribution in [0.4, 0.5) is 0 Å². The third-order valence-corrected chi connectivity index (χ3v) is 4.27. The first kappa shape index (κ1) is 17.3. The van der Waals surface area contributed by atoms with Gasteiger partial charge in [-0.2, -0.15) is 11.8 Å². The van der Waals surface area contributed by atoms with E-state index in [1.807, 2.05) is 0 Å². The molecule has 1 unspecified atom stereocenters. The van der Waals surface area contributed by atoms with Crippen LogP contribution in [-0.4, -0.2) is 60.6 Å². The molecular formula is C14H26N2O3S. The highest BCUT2D eigenvalue weighted by molar-refractivity contribution is 7.99. The van der Waals surface area contributed by atoms with Gasteiger partial charge in [-0.05, 0) is 32.9 Å². The topological polar surface area (TPSA) is 58.6 Å². The van der Waals surface area contributed by atoms with Gasteiger partial charge >= 0.3 is 5.97 Å². The highest BCUT2D eigenvalue weighted by atomic mass is 32.2. The summed E-state index contributed by atoms with van der Waals surface area (Å²) in [6.45, 7) is 6.96. The van der Waals surface area contributed by atoms with E-state index in [-0.39, 0.29) is 11.9 Å². The monoisotopic (exact) mass is 302 g/mol. The molecule has 5 nitrogen and oxygen atoms in total. The Morgan fingerprint density at radius 2 is 2.00 bits per heavy atom. The van der Waals surface area contributed by atoms with Crippen molar-refractivity contribution in [3.8, 4) is 0 Å². The second-order valence-electron chi connectivity index (χ2n) is 4.98. The van der Waals surface area contributed by atoms with Gasteiger partial charge in [-0.15, -0.1) is 0 Å². The number of esters is 1. The molecule has 1 saturated heterocycles. The molecule has 1 amide bonds. The minimum absolute atomic E-state index is 0.195. The fourth-order valence-electron chi connectivity index (χ4n) is 2.23. The smallest absolute Gasteiger partial charge is 0.329 e. The fraction of sp³-hybridized carbons (Fsp3) is 0.857. The zero-order valence-electron chi connectivity index (χ0n) is 12.5. The van der Waals surface area contributed by atoms with Gasteiger partial charge in [0.15, 0.2) is 0 Å². The molecule has 0 aromatic rings. The summed E-state index contributed by atoms with van der Waals surface area (Å²) in [7, 11) is 0. The summed E-state index contributed by atoms with van der Waals surface area (Å²) in [5.41, 5.74) is 0. The number of hydrogen-bond acceptors (Lipinski definition) is 5. The maximum atomic E-state index is 11.7. The van der Waals surface area contributed by atoms with Gasteiger partial charge in [-0.3, -0.25) is 4.79 Å². The Morgan fingerprint density at radius 1 is 1.30 bits per heavy atom. The van der Waals surface area contributed by atoms with Crippen LogP contribution >= 0.6 is 11.8 Å². The molecule has 116 valence electrons. The second-order valence-corrected chi connectivity index (χ2v) is 6.13. The average Bonchev–Trinajstić information content (AvgIpc) is 2.43. The third-order valence-electron chi connectivity index (χ3n) is 3.23. The van der Waals surface area contributed by atoms with E-state index in [0.29, 0.717) is 12.4 Å². The lowest BCUT2D eigenvalue weighted by molar-refractivity contribution is -0.146. The number of nitrogens with zero attached hydrogens (tertiary/aromatic N) is 1. The molecule has 0 aromatic heterocycles. The van der Waals surface area contributed by atoms with Crippen LogP contribution in [0.2, 0.25) is 0 Å². The summed E-state index contributed by atoms with van der Waals surface area (Å²) in [5.74, 6) is 1.02. The van der Waals surface area contributed by atoms with Gasteiger partial charge in [0.25, 0.3) is 0 Å². The van der Waals surface area contributed by atoms with Gasteiger partial charge in [0.2, 0.25) is 5.91 Å². The van der Waals surface area contributed by atoms with Crippen molar-refractivity contribution in [1.82, 2.24) is 10.2 Å². The molecule has 0 saturated carbocycles. The molecule has 1 aliphatic rings. The van der Waals surface area contributed by atoms with Gasteiger partial charge in [0.05, 0.1) is 6.61 Å². The van der Waals surface area contributed by atoms with Crippen LogP contribution < -0.4 is 5.32 Å². The minimum Gasteiger partial charge on any atom is -0.464 e. The number of piperidine rings is 1. The maximum absolute atomic E-state index is 11.7. The molecule has 1 aliphatic heterocycles. The second kappa shape index (κ2) is 10.0. The first-order valence-electron chi connectivity index (χ1n) is 7.37. The molecule has 1 heterocycles. The highest BCUT2D eigenvalue weighted by Crippen LogP contribution is 2.11. The van der Waals surface area contributed by atoms with Crippen LogP contribution in [0, 0.1) is 0 Å². The maximum Gasteiger partial charge on any atom is 0.329 e. The number of amides is 1. The normalized spacial score (nSPS) is 17.5. The van der Waals surface area contributed by atoms with Crippen molar-refractivity contribution in [1.29, 1.82) is 0 Å².